The van der Waals surface area contributed by atoms with Crippen LogP contribution in [0.3, 0.4) is 0 Å². The van der Waals surface area contributed by atoms with Gasteiger partial charge in [0.05, 0.1) is 5.69 Å². The molecule has 0 atom stereocenters. The van der Waals surface area contributed by atoms with E-state index in [0.717, 1.165) is 46.8 Å². The van der Waals surface area contributed by atoms with E-state index in [1.54, 1.807) is 13.8 Å². The molecule has 0 radical (unpaired) electrons. The minimum Gasteiger partial charge on any atom is -0.267 e. The lowest BCUT2D eigenvalue weighted by Crippen LogP contribution is -2.37. The van der Waals surface area contributed by atoms with E-state index in [0.29, 0.717) is 18.8 Å². The second-order valence-corrected chi connectivity index (χ2v) is 12.0. The maximum Gasteiger partial charge on any atom is 0.291 e. The van der Waals surface area contributed by atoms with E-state index in [4.69, 9.17) is 0 Å². The molecule has 0 saturated carbocycles. The van der Waals surface area contributed by atoms with E-state index < -0.39 is 26.0 Å². The molecular formula is C15H19N3O5S4. The summed E-state index contributed by atoms with van der Waals surface area (Å²) in [6, 6.07) is 1.34. The second-order valence-electron chi connectivity index (χ2n) is 6.13. The van der Waals surface area contributed by atoms with Gasteiger partial charge in [0.1, 0.15) is 9.77 Å². The molecule has 1 amide bonds. The van der Waals surface area contributed by atoms with Gasteiger partial charge < -0.3 is 0 Å². The molecule has 8 nitrogen and oxygen atoms in total. The van der Waals surface area contributed by atoms with Gasteiger partial charge in [-0.3, -0.25) is 4.79 Å². The van der Waals surface area contributed by atoms with Crippen molar-refractivity contribution in [3.63, 3.8) is 0 Å². The van der Waals surface area contributed by atoms with E-state index in [-0.39, 0.29) is 14.1 Å². The van der Waals surface area contributed by atoms with Gasteiger partial charge in [0, 0.05) is 18.0 Å². The maximum absolute atomic E-state index is 12.9. The quantitative estimate of drug-likeness (QED) is 0.748. The summed E-state index contributed by atoms with van der Waals surface area (Å²) < 4.78 is 53.6. The lowest BCUT2D eigenvalue weighted by atomic mass is 10.2. The number of rotatable bonds is 5. The van der Waals surface area contributed by atoms with Crippen molar-refractivity contribution in [2.75, 3.05) is 13.1 Å². The molecule has 27 heavy (non-hydrogen) atoms. The Labute approximate surface area is 166 Å². The Hall–Kier alpha value is -1.34. The van der Waals surface area contributed by atoms with Crippen molar-refractivity contribution in [1.82, 2.24) is 14.0 Å². The predicted molar refractivity (Wildman–Crippen MR) is 103 cm³/mol. The lowest BCUT2D eigenvalue weighted by molar-refractivity contribution is 0.0982. The van der Waals surface area contributed by atoms with Crippen LogP contribution in [0.2, 0.25) is 0 Å². The Balaban J connectivity index is 1.87. The first-order valence-corrected chi connectivity index (χ1v) is 12.8. The van der Waals surface area contributed by atoms with Crippen molar-refractivity contribution in [2.45, 2.75) is 42.3 Å². The fourth-order valence-electron chi connectivity index (χ4n) is 2.68. The SMILES string of the molecule is Cc1nc(S(=O)(=O)NC(=O)c2sccc2S(=O)(=O)N2CCCCC2)sc1C. The van der Waals surface area contributed by atoms with Crippen LogP contribution in [0.1, 0.15) is 39.5 Å². The molecule has 3 rings (SSSR count). The van der Waals surface area contributed by atoms with Crippen LogP contribution in [0.4, 0.5) is 0 Å². The molecule has 1 saturated heterocycles. The number of thiazole rings is 1. The van der Waals surface area contributed by atoms with Crippen molar-refractivity contribution in [3.05, 3.63) is 26.9 Å². The summed E-state index contributed by atoms with van der Waals surface area (Å²) in [5.41, 5.74) is 0.567. The van der Waals surface area contributed by atoms with E-state index in [1.165, 1.54) is 15.8 Å². The number of piperidine rings is 1. The highest BCUT2D eigenvalue weighted by Crippen LogP contribution is 2.28. The zero-order valence-electron chi connectivity index (χ0n) is 14.8. The Morgan fingerprint density at radius 1 is 1.15 bits per heavy atom. The van der Waals surface area contributed by atoms with Crippen molar-refractivity contribution < 1.29 is 21.6 Å². The monoisotopic (exact) mass is 449 g/mol. The Kier molecular flexibility index (Phi) is 5.73. The number of aryl methyl sites for hydroxylation is 2. The van der Waals surface area contributed by atoms with E-state index in [1.807, 2.05) is 4.72 Å². The average Bonchev–Trinajstić information content (AvgIpc) is 3.23. The van der Waals surface area contributed by atoms with Gasteiger partial charge in [-0.15, -0.1) is 22.7 Å². The topological polar surface area (TPSA) is 114 Å². The maximum atomic E-state index is 12.9. The molecule has 2 aromatic rings. The number of nitrogens with zero attached hydrogens (tertiary/aromatic N) is 2. The Morgan fingerprint density at radius 2 is 1.81 bits per heavy atom. The third kappa shape index (κ3) is 4.09. The molecule has 2 aromatic heterocycles. The van der Waals surface area contributed by atoms with Crippen LogP contribution in [-0.4, -0.2) is 45.1 Å². The molecule has 0 aromatic carbocycles. The number of hydrogen-bond acceptors (Lipinski definition) is 8. The molecule has 1 aliphatic heterocycles. The van der Waals surface area contributed by atoms with Gasteiger partial charge in [-0.05, 0) is 38.1 Å². The summed E-state index contributed by atoms with van der Waals surface area (Å²) in [4.78, 5) is 16.9. The molecule has 0 aliphatic carbocycles. The van der Waals surface area contributed by atoms with Crippen LogP contribution >= 0.6 is 22.7 Å². The van der Waals surface area contributed by atoms with Crippen molar-refractivity contribution >= 4 is 48.6 Å². The first-order chi connectivity index (χ1) is 12.6. The Bertz CT molecular complexity index is 1040. The van der Waals surface area contributed by atoms with Crippen LogP contribution < -0.4 is 4.72 Å². The molecule has 148 valence electrons. The van der Waals surface area contributed by atoms with Gasteiger partial charge in [-0.25, -0.2) is 18.1 Å². The van der Waals surface area contributed by atoms with Gasteiger partial charge in [-0.2, -0.15) is 12.7 Å². The standard InChI is InChI=1S/C15H19N3O5S4/c1-10-11(2)25-15(16-10)26(20,21)17-14(19)13-12(6-9-24-13)27(22,23)18-7-4-3-5-8-18/h6,9H,3-5,7-8H2,1-2H3,(H,17,19). The first-order valence-electron chi connectivity index (χ1n) is 8.22. The minimum atomic E-state index is -4.17. The predicted octanol–water partition coefficient (Wildman–Crippen LogP) is 2.11. The van der Waals surface area contributed by atoms with Gasteiger partial charge in [0.2, 0.25) is 14.4 Å². The number of sulfonamides is 2. The smallest absolute Gasteiger partial charge is 0.267 e. The average molecular weight is 450 g/mol. The number of amides is 1. The normalized spacial score (nSPS) is 16.4. The number of nitrogens with one attached hydrogen (secondary N) is 1. The fraction of sp³-hybridized carbons (Fsp3) is 0.467. The van der Waals surface area contributed by atoms with E-state index >= 15 is 0 Å². The van der Waals surface area contributed by atoms with Crippen LogP contribution in [-0.2, 0) is 20.0 Å². The summed E-state index contributed by atoms with van der Waals surface area (Å²) in [5, 5.41) is 1.47. The number of carbonyl (C=O) groups excluding carboxylic acids is 1. The van der Waals surface area contributed by atoms with Gasteiger partial charge >= 0.3 is 0 Å². The van der Waals surface area contributed by atoms with Crippen LogP contribution in [0, 0.1) is 13.8 Å². The fourth-order valence-corrected chi connectivity index (χ4v) is 7.83. The van der Waals surface area contributed by atoms with Gasteiger partial charge in [0.25, 0.3) is 15.9 Å². The summed E-state index contributed by atoms with van der Waals surface area (Å²) in [7, 11) is -8.01. The summed E-state index contributed by atoms with van der Waals surface area (Å²) in [6.45, 7) is 4.20. The van der Waals surface area contributed by atoms with Crippen LogP contribution in [0.5, 0.6) is 0 Å². The number of aromatic nitrogens is 1. The lowest BCUT2D eigenvalue weighted by Gasteiger charge is -2.25. The zero-order valence-corrected chi connectivity index (χ0v) is 18.0. The summed E-state index contributed by atoms with van der Waals surface area (Å²) in [6.07, 6.45) is 2.50. The number of hydrogen-bond donors (Lipinski definition) is 1. The van der Waals surface area contributed by atoms with Crippen molar-refractivity contribution in [2.24, 2.45) is 0 Å². The summed E-state index contributed by atoms with van der Waals surface area (Å²) in [5.74, 6) is -0.967. The number of carbonyl (C=O) groups is 1. The highest BCUT2D eigenvalue weighted by Gasteiger charge is 2.32. The first kappa shape index (κ1) is 20.4. The minimum absolute atomic E-state index is 0.144. The van der Waals surface area contributed by atoms with Crippen molar-refractivity contribution in [3.8, 4) is 0 Å². The molecule has 1 fully saturated rings. The molecule has 0 spiro atoms. The zero-order chi connectivity index (χ0) is 19.8. The number of thiophene rings is 1. The summed E-state index contributed by atoms with van der Waals surface area (Å²) >= 11 is 1.85. The van der Waals surface area contributed by atoms with Crippen molar-refractivity contribution in [1.29, 1.82) is 0 Å². The molecule has 0 unspecified atom stereocenters. The highest BCUT2D eigenvalue weighted by atomic mass is 32.2. The molecule has 12 heteroatoms. The van der Waals surface area contributed by atoms with Crippen LogP contribution in [0.25, 0.3) is 0 Å². The molecule has 3 heterocycles. The van der Waals surface area contributed by atoms with Gasteiger partial charge in [0.15, 0.2) is 0 Å². The molecular weight excluding hydrogens is 430 g/mol. The van der Waals surface area contributed by atoms with Crippen LogP contribution in [0.15, 0.2) is 20.7 Å². The third-order valence-electron chi connectivity index (χ3n) is 4.23. The highest BCUT2D eigenvalue weighted by molar-refractivity contribution is 7.92. The molecule has 0 bridgehead atoms. The molecule has 1 N–H and O–H groups in total. The van der Waals surface area contributed by atoms with E-state index in [9.17, 15) is 21.6 Å². The van der Waals surface area contributed by atoms with E-state index in [2.05, 4.69) is 4.98 Å². The molecule has 1 aliphatic rings. The Morgan fingerprint density at radius 3 is 2.41 bits per heavy atom. The van der Waals surface area contributed by atoms with Gasteiger partial charge in [-0.1, -0.05) is 6.42 Å². The third-order valence-corrected chi connectivity index (χ3v) is 10.00. The second kappa shape index (κ2) is 7.59. The largest absolute Gasteiger partial charge is 0.291 e.